The first-order valence-electron chi connectivity index (χ1n) is 7.43. The molecule has 0 aliphatic heterocycles. The van der Waals surface area contributed by atoms with Crippen molar-refractivity contribution in [2.45, 2.75) is 19.8 Å². The summed E-state index contributed by atoms with van der Waals surface area (Å²) >= 11 is 0. The molecule has 0 fully saturated rings. The molecule has 0 amide bonds. The molecule has 1 aliphatic carbocycles. The zero-order chi connectivity index (χ0) is 15.1. The van der Waals surface area contributed by atoms with Crippen molar-refractivity contribution in [2.75, 3.05) is 5.32 Å². The van der Waals surface area contributed by atoms with Gasteiger partial charge >= 0.3 is 0 Å². The van der Waals surface area contributed by atoms with Gasteiger partial charge in [0.1, 0.15) is 5.82 Å². The summed E-state index contributed by atoms with van der Waals surface area (Å²) in [6.07, 6.45) is 3.81. The summed E-state index contributed by atoms with van der Waals surface area (Å²) in [7, 11) is 1.97. The molecular formula is C17H17N5. The highest BCUT2D eigenvalue weighted by molar-refractivity contribution is 5.73. The van der Waals surface area contributed by atoms with Crippen LogP contribution in [0.3, 0.4) is 0 Å². The van der Waals surface area contributed by atoms with Crippen molar-refractivity contribution >= 4 is 11.6 Å². The molecule has 0 aromatic carbocycles. The third kappa shape index (κ3) is 2.06. The molecule has 0 spiro atoms. The predicted octanol–water partition coefficient (Wildman–Crippen LogP) is 3.03. The monoisotopic (exact) mass is 291 g/mol. The number of anilines is 2. The highest BCUT2D eigenvalue weighted by Gasteiger charge is 2.25. The third-order valence-electron chi connectivity index (χ3n) is 4.04. The van der Waals surface area contributed by atoms with Gasteiger partial charge in [-0.3, -0.25) is 9.67 Å². The lowest BCUT2D eigenvalue weighted by Crippen LogP contribution is -2.07. The molecule has 0 saturated heterocycles. The van der Waals surface area contributed by atoms with Gasteiger partial charge in [0.2, 0.25) is 0 Å². The maximum Gasteiger partial charge on any atom is 0.157 e. The highest BCUT2D eigenvalue weighted by Crippen LogP contribution is 2.36. The number of fused-ring (bicyclic) bond motifs is 3. The minimum Gasteiger partial charge on any atom is -0.323 e. The molecular weight excluding hydrogens is 274 g/mol. The molecule has 4 rings (SSSR count). The Hall–Kier alpha value is -2.69. The lowest BCUT2D eigenvalue weighted by atomic mass is 9.93. The molecule has 0 unspecified atom stereocenters. The summed E-state index contributed by atoms with van der Waals surface area (Å²) in [4.78, 5) is 9.05. The lowest BCUT2D eigenvalue weighted by molar-refractivity contribution is 0.769. The predicted molar refractivity (Wildman–Crippen MR) is 86.1 cm³/mol. The maximum absolute atomic E-state index is 4.64. The van der Waals surface area contributed by atoms with Gasteiger partial charge in [-0.2, -0.15) is 5.10 Å². The normalized spacial score (nSPS) is 12.6. The van der Waals surface area contributed by atoms with E-state index in [4.69, 9.17) is 0 Å². The molecule has 3 heterocycles. The largest absolute Gasteiger partial charge is 0.323 e. The standard InChI is InChI=1S/C17H17N5/c1-11-5-3-7-14(19-11)20-17-13-9-8-12-6-4-10-18-15(12)16(13)22(2)21-17/h3-7,10H,8-9H2,1-2H3,(H,19,20,21). The van der Waals surface area contributed by atoms with E-state index in [1.54, 1.807) is 0 Å². The summed E-state index contributed by atoms with van der Waals surface area (Å²) in [6.45, 7) is 1.99. The Morgan fingerprint density at radius 1 is 1.14 bits per heavy atom. The number of hydrogen-bond donors (Lipinski definition) is 1. The van der Waals surface area contributed by atoms with Gasteiger partial charge in [0.25, 0.3) is 0 Å². The average Bonchev–Trinajstić information content (AvgIpc) is 2.84. The SMILES string of the molecule is Cc1cccc(Nc2nn(C)c3c2CCc2cccnc2-3)n1. The molecule has 110 valence electrons. The maximum atomic E-state index is 4.64. The minimum atomic E-state index is 0.827. The van der Waals surface area contributed by atoms with Crippen molar-refractivity contribution < 1.29 is 0 Å². The molecule has 0 bridgehead atoms. The third-order valence-corrected chi connectivity index (χ3v) is 4.04. The smallest absolute Gasteiger partial charge is 0.157 e. The first kappa shape index (κ1) is 13.0. The van der Waals surface area contributed by atoms with Gasteiger partial charge in [-0.25, -0.2) is 4.98 Å². The van der Waals surface area contributed by atoms with Crippen LogP contribution in [0.15, 0.2) is 36.5 Å². The number of aryl methyl sites for hydroxylation is 3. The van der Waals surface area contributed by atoms with Gasteiger partial charge in [-0.05, 0) is 43.5 Å². The van der Waals surface area contributed by atoms with Crippen LogP contribution in [0.4, 0.5) is 11.6 Å². The van der Waals surface area contributed by atoms with Crippen LogP contribution >= 0.6 is 0 Å². The van der Waals surface area contributed by atoms with Gasteiger partial charge < -0.3 is 5.32 Å². The number of pyridine rings is 2. The van der Waals surface area contributed by atoms with E-state index in [0.717, 1.165) is 41.6 Å². The van der Waals surface area contributed by atoms with Crippen molar-refractivity contribution in [3.05, 3.63) is 53.3 Å². The first-order valence-corrected chi connectivity index (χ1v) is 7.43. The molecule has 1 aliphatic rings. The second-order valence-electron chi connectivity index (χ2n) is 5.60. The molecule has 0 radical (unpaired) electrons. The fourth-order valence-electron chi connectivity index (χ4n) is 3.05. The number of nitrogens with one attached hydrogen (secondary N) is 1. The van der Waals surface area contributed by atoms with Crippen LogP contribution in [-0.2, 0) is 19.9 Å². The van der Waals surface area contributed by atoms with Crippen LogP contribution in [0, 0.1) is 6.92 Å². The lowest BCUT2D eigenvalue weighted by Gasteiger charge is -2.16. The van der Waals surface area contributed by atoms with Crippen LogP contribution < -0.4 is 5.32 Å². The Kier molecular flexibility index (Phi) is 2.92. The second kappa shape index (κ2) is 4.94. The van der Waals surface area contributed by atoms with Gasteiger partial charge in [0, 0.05) is 24.5 Å². The Bertz CT molecular complexity index is 850. The zero-order valence-electron chi connectivity index (χ0n) is 12.7. The Balaban J connectivity index is 1.79. The van der Waals surface area contributed by atoms with E-state index in [2.05, 4.69) is 26.4 Å². The summed E-state index contributed by atoms with van der Waals surface area (Å²) in [5.41, 5.74) is 5.65. The van der Waals surface area contributed by atoms with Gasteiger partial charge in [0.15, 0.2) is 5.82 Å². The van der Waals surface area contributed by atoms with E-state index < -0.39 is 0 Å². The van der Waals surface area contributed by atoms with E-state index in [1.807, 2.05) is 49.1 Å². The number of nitrogens with zero attached hydrogens (tertiary/aromatic N) is 4. The number of rotatable bonds is 2. The van der Waals surface area contributed by atoms with Crippen molar-refractivity contribution in [2.24, 2.45) is 7.05 Å². The average molecular weight is 291 g/mol. The van der Waals surface area contributed by atoms with E-state index in [0.29, 0.717) is 0 Å². The zero-order valence-corrected chi connectivity index (χ0v) is 12.7. The Morgan fingerprint density at radius 3 is 2.91 bits per heavy atom. The fourth-order valence-corrected chi connectivity index (χ4v) is 3.05. The molecule has 0 atom stereocenters. The van der Waals surface area contributed by atoms with Crippen LogP contribution in [0.1, 0.15) is 16.8 Å². The highest BCUT2D eigenvalue weighted by atomic mass is 15.3. The van der Waals surface area contributed by atoms with Crippen molar-refractivity contribution in [3.63, 3.8) is 0 Å². The molecule has 3 aromatic rings. The van der Waals surface area contributed by atoms with E-state index in [-0.39, 0.29) is 0 Å². The van der Waals surface area contributed by atoms with E-state index in [1.165, 1.54) is 11.1 Å². The van der Waals surface area contributed by atoms with Gasteiger partial charge in [0.05, 0.1) is 11.4 Å². The number of aromatic nitrogens is 4. The van der Waals surface area contributed by atoms with Crippen molar-refractivity contribution in [1.29, 1.82) is 0 Å². The van der Waals surface area contributed by atoms with Crippen molar-refractivity contribution in [3.8, 4) is 11.4 Å². The number of hydrogen-bond acceptors (Lipinski definition) is 4. The summed E-state index contributed by atoms with van der Waals surface area (Å²) in [5.74, 6) is 1.71. The Labute approximate surface area is 129 Å². The van der Waals surface area contributed by atoms with Crippen LogP contribution in [0.2, 0.25) is 0 Å². The first-order chi connectivity index (χ1) is 10.7. The summed E-state index contributed by atoms with van der Waals surface area (Å²) < 4.78 is 1.92. The molecule has 22 heavy (non-hydrogen) atoms. The Morgan fingerprint density at radius 2 is 2.05 bits per heavy atom. The van der Waals surface area contributed by atoms with E-state index >= 15 is 0 Å². The molecule has 3 aromatic heterocycles. The molecule has 5 nitrogen and oxygen atoms in total. The van der Waals surface area contributed by atoms with Crippen LogP contribution in [0.25, 0.3) is 11.4 Å². The summed E-state index contributed by atoms with van der Waals surface area (Å²) in [6, 6.07) is 10.1. The van der Waals surface area contributed by atoms with Gasteiger partial charge in [-0.1, -0.05) is 12.1 Å². The van der Waals surface area contributed by atoms with Gasteiger partial charge in [-0.15, -0.1) is 0 Å². The summed E-state index contributed by atoms with van der Waals surface area (Å²) in [5, 5.41) is 8.00. The quantitative estimate of drug-likeness (QED) is 0.788. The van der Waals surface area contributed by atoms with Crippen LogP contribution in [0.5, 0.6) is 0 Å². The second-order valence-corrected chi connectivity index (χ2v) is 5.60. The van der Waals surface area contributed by atoms with Crippen molar-refractivity contribution in [1.82, 2.24) is 19.7 Å². The molecule has 0 saturated carbocycles. The molecule has 5 heteroatoms. The van der Waals surface area contributed by atoms with E-state index in [9.17, 15) is 0 Å². The molecule has 1 N–H and O–H groups in total. The van der Waals surface area contributed by atoms with Crippen LogP contribution in [-0.4, -0.2) is 19.7 Å². The topological polar surface area (TPSA) is 55.6 Å². The fraction of sp³-hybridized carbons (Fsp3) is 0.235. The minimum absolute atomic E-state index is 0.827.